The van der Waals surface area contributed by atoms with Crippen LogP contribution in [0.5, 0.6) is 11.5 Å². The number of rotatable bonds is 10. The summed E-state index contributed by atoms with van der Waals surface area (Å²) in [4.78, 5) is 11.6. The molecule has 2 N–H and O–H groups in total. The molecule has 1 aromatic rings. The van der Waals surface area contributed by atoms with E-state index in [0.717, 1.165) is 19.5 Å². The van der Waals surface area contributed by atoms with Gasteiger partial charge in [0, 0.05) is 13.1 Å². The van der Waals surface area contributed by atoms with Gasteiger partial charge in [-0.2, -0.15) is 0 Å². The van der Waals surface area contributed by atoms with Gasteiger partial charge in [-0.3, -0.25) is 4.79 Å². The van der Waals surface area contributed by atoms with Gasteiger partial charge in [0.05, 0.1) is 20.1 Å². The molecule has 0 unspecified atom stereocenters. The van der Waals surface area contributed by atoms with E-state index in [4.69, 9.17) is 9.47 Å². The Labute approximate surface area is 120 Å². The fraction of sp³-hybridized carbons (Fsp3) is 0.533. The normalized spacial score (nSPS) is 10.1. The fourth-order valence-corrected chi connectivity index (χ4v) is 1.67. The second-order valence-electron chi connectivity index (χ2n) is 4.35. The zero-order chi connectivity index (χ0) is 14.6. The highest BCUT2D eigenvalue weighted by Gasteiger charge is 2.04. The number of carbonyl (C=O) groups excluding carboxylic acids is 1. The molecule has 0 aliphatic carbocycles. The van der Waals surface area contributed by atoms with Crippen molar-refractivity contribution in [2.75, 3.05) is 33.4 Å². The molecule has 0 radical (unpaired) electrons. The minimum atomic E-state index is -0.00167. The first kappa shape index (κ1) is 16.3. The predicted octanol–water partition coefficient (Wildman–Crippen LogP) is 1.58. The van der Waals surface area contributed by atoms with Crippen LogP contribution in [0, 0.1) is 0 Å². The monoisotopic (exact) mass is 280 g/mol. The Hall–Kier alpha value is -1.75. The summed E-state index contributed by atoms with van der Waals surface area (Å²) in [5.74, 6) is 1.34. The molecule has 112 valence electrons. The van der Waals surface area contributed by atoms with E-state index in [1.807, 2.05) is 24.3 Å². The van der Waals surface area contributed by atoms with Gasteiger partial charge in [0.25, 0.3) is 0 Å². The van der Waals surface area contributed by atoms with Crippen LogP contribution in [0.25, 0.3) is 0 Å². The van der Waals surface area contributed by atoms with Crippen LogP contribution in [0.3, 0.4) is 0 Å². The molecule has 0 bridgehead atoms. The lowest BCUT2D eigenvalue weighted by Crippen LogP contribution is -2.32. The van der Waals surface area contributed by atoms with E-state index in [2.05, 4.69) is 17.6 Å². The average Bonchev–Trinajstić information content (AvgIpc) is 2.47. The zero-order valence-corrected chi connectivity index (χ0v) is 12.3. The molecule has 5 nitrogen and oxygen atoms in total. The Balaban J connectivity index is 2.15. The average molecular weight is 280 g/mol. The van der Waals surface area contributed by atoms with Gasteiger partial charge in [0.2, 0.25) is 5.91 Å². The molecule has 0 saturated heterocycles. The van der Waals surface area contributed by atoms with Crippen LogP contribution >= 0.6 is 0 Å². The van der Waals surface area contributed by atoms with Gasteiger partial charge in [0.15, 0.2) is 11.5 Å². The van der Waals surface area contributed by atoms with E-state index >= 15 is 0 Å². The number of hydrogen-bond acceptors (Lipinski definition) is 4. The van der Waals surface area contributed by atoms with Gasteiger partial charge in [0.1, 0.15) is 0 Å². The molecule has 1 aromatic carbocycles. The molecular formula is C15H24N2O3. The first-order valence-electron chi connectivity index (χ1n) is 7.01. The third-order valence-corrected chi connectivity index (χ3v) is 2.71. The second-order valence-corrected chi connectivity index (χ2v) is 4.35. The number of ether oxygens (including phenoxy) is 2. The highest BCUT2D eigenvalue weighted by molar-refractivity contribution is 5.75. The van der Waals surface area contributed by atoms with Crippen molar-refractivity contribution >= 4 is 5.91 Å². The lowest BCUT2D eigenvalue weighted by Gasteiger charge is -2.10. The number of nitrogens with one attached hydrogen (secondary N) is 2. The molecule has 0 fully saturated rings. The third kappa shape index (κ3) is 6.43. The van der Waals surface area contributed by atoms with Crippen molar-refractivity contribution in [3.63, 3.8) is 0 Å². The van der Waals surface area contributed by atoms with Crippen LogP contribution in [0.15, 0.2) is 24.3 Å². The molecule has 1 rings (SSSR count). The summed E-state index contributed by atoms with van der Waals surface area (Å²) in [6, 6.07) is 7.40. The van der Waals surface area contributed by atoms with Crippen LogP contribution in [-0.2, 0) is 4.79 Å². The molecule has 20 heavy (non-hydrogen) atoms. The molecular weight excluding hydrogens is 256 g/mol. The van der Waals surface area contributed by atoms with E-state index in [9.17, 15) is 4.79 Å². The molecule has 0 spiro atoms. The van der Waals surface area contributed by atoms with Crippen molar-refractivity contribution in [2.45, 2.75) is 19.8 Å². The summed E-state index contributed by atoms with van der Waals surface area (Å²) in [5, 5.41) is 6.07. The van der Waals surface area contributed by atoms with Crippen molar-refractivity contribution in [2.24, 2.45) is 0 Å². The topological polar surface area (TPSA) is 59.6 Å². The smallest absolute Gasteiger partial charge is 0.223 e. The minimum Gasteiger partial charge on any atom is -0.493 e. The molecule has 0 aliphatic heterocycles. The second kappa shape index (κ2) is 10.1. The number of methoxy groups -OCH3 is 1. The van der Waals surface area contributed by atoms with Crippen molar-refractivity contribution in [3.05, 3.63) is 24.3 Å². The van der Waals surface area contributed by atoms with Crippen molar-refractivity contribution < 1.29 is 14.3 Å². The van der Waals surface area contributed by atoms with Crippen LogP contribution in [0.4, 0.5) is 0 Å². The third-order valence-electron chi connectivity index (χ3n) is 2.71. The largest absolute Gasteiger partial charge is 0.493 e. The van der Waals surface area contributed by atoms with Gasteiger partial charge in [-0.15, -0.1) is 0 Å². The first-order valence-corrected chi connectivity index (χ1v) is 7.01. The number of benzene rings is 1. The number of para-hydroxylation sites is 2. The summed E-state index contributed by atoms with van der Waals surface area (Å²) in [6.45, 7) is 4.88. The summed E-state index contributed by atoms with van der Waals surface area (Å²) in [7, 11) is 1.60. The summed E-state index contributed by atoms with van der Waals surface area (Å²) < 4.78 is 10.7. The van der Waals surface area contributed by atoms with E-state index < -0.39 is 0 Å². The summed E-state index contributed by atoms with van der Waals surface area (Å²) in [5.41, 5.74) is 0. The summed E-state index contributed by atoms with van der Waals surface area (Å²) in [6.07, 6.45) is 1.44. The predicted molar refractivity (Wildman–Crippen MR) is 79.3 cm³/mol. The van der Waals surface area contributed by atoms with Gasteiger partial charge in [-0.25, -0.2) is 0 Å². The molecule has 0 atom stereocenters. The van der Waals surface area contributed by atoms with Gasteiger partial charge >= 0.3 is 0 Å². The van der Waals surface area contributed by atoms with E-state index in [-0.39, 0.29) is 5.91 Å². The SMILES string of the molecule is CCCNCCNC(=O)CCOc1ccccc1OC. The molecule has 0 heterocycles. The highest BCUT2D eigenvalue weighted by atomic mass is 16.5. The van der Waals surface area contributed by atoms with Crippen molar-refractivity contribution in [3.8, 4) is 11.5 Å². The first-order chi connectivity index (χ1) is 9.77. The van der Waals surface area contributed by atoms with Crippen LogP contribution in [0.1, 0.15) is 19.8 Å². The molecule has 0 aliphatic rings. The van der Waals surface area contributed by atoms with Gasteiger partial charge in [-0.05, 0) is 25.1 Å². The molecule has 5 heteroatoms. The quantitative estimate of drug-likeness (QED) is 0.639. The van der Waals surface area contributed by atoms with E-state index in [1.54, 1.807) is 7.11 Å². The zero-order valence-electron chi connectivity index (χ0n) is 12.3. The fourth-order valence-electron chi connectivity index (χ4n) is 1.67. The Morgan fingerprint density at radius 2 is 1.90 bits per heavy atom. The maximum absolute atomic E-state index is 11.6. The number of amides is 1. The van der Waals surface area contributed by atoms with Crippen LogP contribution < -0.4 is 20.1 Å². The standard InChI is InChI=1S/C15H24N2O3/c1-3-9-16-10-11-17-15(18)8-12-20-14-7-5-4-6-13(14)19-2/h4-7,16H,3,8-12H2,1-2H3,(H,17,18). The van der Waals surface area contributed by atoms with Crippen molar-refractivity contribution in [1.82, 2.24) is 10.6 Å². The van der Waals surface area contributed by atoms with E-state index in [0.29, 0.717) is 31.1 Å². The minimum absolute atomic E-state index is 0.00167. The Kier molecular flexibility index (Phi) is 8.22. The lowest BCUT2D eigenvalue weighted by atomic mass is 10.3. The maximum Gasteiger partial charge on any atom is 0.223 e. The van der Waals surface area contributed by atoms with Crippen LogP contribution in [-0.4, -0.2) is 39.3 Å². The van der Waals surface area contributed by atoms with Gasteiger partial charge in [-0.1, -0.05) is 19.1 Å². The van der Waals surface area contributed by atoms with Crippen LogP contribution in [0.2, 0.25) is 0 Å². The molecule has 0 aromatic heterocycles. The lowest BCUT2D eigenvalue weighted by molar-refractivity contribution is -0.121. The Morgan fingerprint density at radius 3 is 2.60 bits per heavy atom. The van der Waals surface area contributed by atoms with Gasteiger partial charge < -0.3 is 20.1 Å². The Bertz CT molecular complexity index is 396. The highest BCUT2D eigenvalue weighted by Crippen LogP contribution is 2.25. The van der Waals surface area contributed by atoms with E-state index in [1.165, 1.54) is 0 Å². The number of hydrogen-bond donors (Lipinski definition) is 2. The summed E-state index contributed by atoms with van der Waals surface area (Å²) >= 11 is 0. The molecule has 0 saturated carbocycles. The maximum atomic E-state index is 11.6. The molecule has 1 amide bonds. The Morgan fingerprint density at radius 1 is 1.15 bits per heavy atom. The van der Waals surface area contributed by atoms with Crippen molar-refractivity contribution in [1.29, 1.82) is 0 Å². The number of carbonyl (C=O) groups is 1.